The summed E-state index contributed by atoms with van der Waals surface area (Å²) in [5.74, 6) is -1.53. The maximum absolute atomic E-state index is 12.4. The highest BCUT2D eigenvalue weighted by molar-refractivity contribution is 6.30. The largest absolute Gasteiger partial charge is 0.464 e. The Labute approximate surface area is 188 Å². The lowest BCUT2D eigenvalue weighted by atomic mass is 10.1. The molecule has 0 aliphatic rings. The molecule has 4 aromatic rings. The molecular weight excluding hydrogens is 434 g/mol. The Kier molecular flexibility index (Phi) is 6.00. The fourth-order valence-corrected chi connectivity index (χ4v) is 3.33. The first-order chi connectivity index (χ1) is 15.5. The molecule has 0 N–H and O–H groups in total. The van der Waals surface area contributed by atoms with Crippen molar-refractivity contribution in [1.82, 2.24) is 24.8 Å². The second kappa shape index (κ2) is 9.03. The van der Waals surface area contributed by atoms with E-state index in [4.69, 9.17) is 26.2 Å². The van der Waals surface area contributed by atoms with Gasteiger partial charge in [-0.1, -0.05) is 47.1 Å². The summed E-state index contributed by atoms with van der Waals surface area (Å²) in [5.41, 5.74) is 2.76. The molecule has 0 aliphatic heterocycles. The number of benzene rings is 2. The van der Waals surface area contributed by atoms with Crippen LogP contribution in [0.15, 0.2) is 60.8 Å². The predicted octanol–water partition coefficient (Wildman–Crippen LogP) is 3.41. The standard InChI is InChI=1S/C22H18ClN5O4/c1-31-21(29)19-20(22(30)32-2)28(26-24-19)13-15-12-27(17-6-4-3-5-7-17)25-18(15)14-8-10-16(23)11-9-14/h3-12H,13H2,1-2H3. The zero-order chi connectivity index (χ0) is 22.7. The van der Waals surface area contributed by atoms with Crippen LogP contribution in [-0.2, 0) is 16.0 Å². The Morgan fingerprint density at radius 1 is 0.969 bits per heavy atom. The molecule has 0 bridgehead atoms. The van der Waals surface area contributed by atoms with Gasteiger partial charge in [-0.3, -0.25) is 0 Å². The van der Waals surface area contributed by atoms with Crippen LogP contribution >= 0.6 is 11.6 Å². The topological polar surface area (TPSA) is 101 Å². The third-order valence-electron chi connectivity index (χ3n) is 4.74. The van der Waals surface area contributed by atoms with Crippen molar-refractivity contribution in [3.63, 3.8) is 0 Å². The molecule has 2 heterocycles. The number of hydrogen-bond acceptors (Lipinski definition) is 7. The van der Waals surface area contributed by atoms with Crippen LogP contribution in [0.5, 0.6) is 0 Å². The number of carbonyl (C=O) groups excluding carboxylic acids is 2. The van der Waals surface area contributed by atoms with Crippen molar-refractivity contribution in [2.75, 3.05) is 14.2 Å². The highest BCUT2D eigenvalue weighted by Crippen LogP contribution is 2.26. The van der Waals surface area contributed by atoms with Gasteiger partial charge in [0, 0.05) is 22.3 Å². The van der Waals surface area contributed by atoms with E-state index in [0.717, 1.165) is 16.8 Å². The van der Waals surface area contributed by atoms with E-state index in [1.165, 1.54) is 18.9 Å². The second-order valence-electron chi connectivity index (χ2n) is 6.72. The summed E-state index contributed by atoms with van der Waals surface area (Å²) in [6, 6.07) is 16.8. The third kappa shape index (κ3) is 4.10. The van der Waals surface area contributed by atoms with Crippen molar-refractivity contribution >= 4 is 23.5 Å². The number of aromatic nitrogens is 5. The molecule has 0 fully saturated rings. The third-order valence-corrected chi connectivity index (χ3v) is 4.99. The summed E-state index contributed by atoms with van der Waals surface area (Å²) in [4.78, 5) is 24.4. The number of nitrogens with zero attached hydrogens (tertiary/aromatic N) is 5. The Morgan fingerprint density at radius 3 is 2.31 bits per heavy atom. The first-order valence-electron chi connectivity index (χ1n) is 9.52. The van der Waals surface area contributed by atoms with E-state index in [1.807, 2.05) is 48.7 Å². The zero-order valence-corrected chi connectivity index (χ0v) is 18.0. The van der Waals surface area contributed by atoms with E-state index in [0.29, 0.717) is 10.7 Å². The van der Waals surface area contributed by atoms with Crippen molar-refractivity contribution in [2.24, 2.45) is 0 Å². The van der Waals surface area contributed by atoms with Gasteiger partial charge >= 0.3 is 11.9 Å². The summed E-state index contributed by atoms with van der Waals surface area (Å²) in [6.45, 7) is 0.110. The molecule has 2 aromatic carbocycles. The number of carbonyl (C=O) groups is 2. The molecule has 0 unspecified atom stereocenters. The molecule has 4 rings (SSSR count). The number of esters is 2. The van der Waals surface area contributed by atoms with Crippen LogP contribution in [-0.4, -0.2) is 50.9 Å². The van der Waals surface area contributed by atoms with E-state index in [1.54, 1.807) is 16.8 Å². The minimum Gasteiger partial charge on any atom is -0.464 e. The fourth-order valence-electron chi connectivity index (χ4n) is 3.21. The zero-order valence-electron chi connectivity index (χ0n) is 17.2. The normalized spacial score (nSPS) is 10.7. The molecule has 9 nitrogen and oxygen atoms in total. The Balaban J connectivity index is 1.82. The first kappa shape index (κ1) is 21.3. The molecule has 0 spiro atoms. The summed E-state index contributed by atoms with van der Waals surface area (Å²) >= 11 is 6.04. The highest BCUT2D eigenvalue weighted by Gasteiger charge is 2.28. The van der Waals surface area contributed by atoms with Gasteiger partial charge in [-0.25, -0.2) is 19.0 Å². The van der Waals surface area contributed by atoms with Crippen molar-refractivity contribution in [3.05, 3.63) is 82.8 Å². The maximum Gasteiger partial charge on any atom is 0.361 e. The first-order valence-corrected chi connectivity index (χ1v) is 9.89. The molecule has 0 saturated carbocycles. The summed E-state index contributed by atoms with van der Waals surface area (Å²) < 4.78 is 12.6. The van der Waals surface area contributed by atoms with Gasteiger partial charge < -0.3 is 9.47 Å². The molecular formula is C22H18ClN5O4. The maximum atomic E-state index is 12.4. The van der Waals surface area contributed by atoms with Gasteiger partial charge in [0.25, 0.3) is 0 Å². The summed E-state index contributed by atoms with van der Waals surface area (Å²) in [7, 11) is 2.41. The number of rotatable bonds is 6. The van der Waals surface area contributed by atoms with Crippen LogP contribution < -0.4 is 0 Å². The molecule has 162 valence electrons. The van der Waals surface area contributed by atoms with Gasteiger partial charge in [0.15, 0.2) is 5.69 Å². The van der Waals surface area contributed by atoms with Gasteiger partial charge in [0.2, 0.25) is 5.69 Å². The lowest BCUT2D eigenvalue weighted by Crippen LogP contribution is -2.17. The highest BCUT2D eigenvalue weighted by atomic mass is 35.5. The average molecular weight is 452 g/mol. The van der Waals surface area contributed by atoms with Crippen LogP contribution in [0.25, 0.3) is 16.9 Å². The molecule has 0 aliphatic carbocycles. The summed E-state index contributed by atoms with van der Waals surface area (Å²) in [5, 5.41) is 13.1. The van der Waals surface area contributed by atoms with Gasteiger partial charge in [-0.2, -0.15) is 5.10 Å². The van der Waals surface area contributed by atoms with Crippen LogP contribution in [0.3, 0.4) is 0 Å². The molecule has 0 atom stereocenters. The molecule has 0 amide bonds. The van der Waals surface area contributed by atoms with Crippen molar-refractivity contribution < 1.29 is 19.1 Å². The lowest BCUT2D eigenvalue weighted by Gasteiger charge is -2.06. The number of para-hydroxylation sites is 1. The Hall–Kier alpha value is -3.98. The Bertz CT molecular complexity index is 1270. The molecule has 32 heavy (non-hydrogen) atoms. The lowest BCUT2D eigenvalue weighted by molar-refractivity contribution is 0.0544. The van der Waals surface area contributed by atoms with Gasteiger partial charge in [0.05, 0.1) is 32.1 Å². The van der Waals surface area contributed by atoms with Crippen LogP contribution in [0.2, 0.25) is 5.02 Å². The monoisotopic (exact) mass is 451 g/mol. The van der Waals surface area contributed by atoms with E-state index in [2.05, 4.69) is 10.3 Å². The predicted molar refractivity (Wildman–Crippen MR) is 116 cm³/mol. The smallest absolute Gasteiger partial charge is 0.361 e. The molecule has 2 aromatic heterocycles. The van der Waals surface area contributed by atoms with Crippen molar-refractivity contribution in [3.8, 4) is 16.9 Å². The average Bonchev–Trinajstić information content (AvgIpc) is 3.44. The summed E-state index contributed by atoms with van der Waals surface area (Å²) in [6.07, 6.45) is 1.83. The molecule has 10 heteroatoms. The van der Waals surface area contributed by atoms with E-state index < -0.39 is 11.9 Å². The van der Waals surface area contributed by atoms with E-state index >= 15 is 0 Å². The van der Waals surface area contributed by atoms with Gasteiger partial charge in [0.1, 0.15) is 0 Å². The minimum absolute atomic E-state index is 0.103. The van der Waals surface area contributed by atoms with Crippen LogP contribution in [0, 0.1) is 0 Å². The minimum atomic E-state index is -0.783. The number of methoxy groups -OCH3 is 2. The van der Waals surface area contributed by atoms with Gasteiger partial charge in [-0.15, -0.1) is 5.10 Å². The molecule has 0 radical (unpaired) electrons. The fraction of sp³-hybridized carbons (Fsp3) is 0.136. The van der Waals surface area contributed by atoms with Crippen molar-refractivity contribution in [2.45, 2.75) is 6.54 Å². The Morgan fingerprint density at radius 2 is 1.66 bits per heavy atom. The number of ether oxygens (including phenoxy) is 2. The number of halogens is 1. The quantitative estimate of drug-likeness (QED) is 0.414. The second-order valence-corrected chi connectivity index (χ2v) is 7.15. The van der Waals surface area contributed by atoms with E-state index in [9.17, 15) is 9.59 Å². The van der Waals surface area contributed by atoms with Gasteiger partial charge in [-0.05, 0) is 24.3 Å². The SMILES string of the molecule is COC(=O)c1nnn(Cc2cn(-c3ccccc3)nc2-c2ccc(Cl)cc2)c1C(=O)OC. The van der Waals surface area contributed by atoms with Crippen LogP contribution in [0.1, 0.15) is 26.5 Å². The van der Waals surface area contributed by atoms with E-state index in [-0.39, 0.29) is 17.9 Å². The number of hydrogen-bond donors (Lipinski definition) is 0. The molecule has 0 saturated heterocycles. The van der Waals surface area contributed by atoms with Crippen LogP contribution in [0.4, 0.5) is 0 Å². The van der Waals surface area contributed by atoms with Crippen molar-refractivity contribution in [1.29, 1.82) is 0 Å².